The first-order valence-electron chi connectivity index (χ1n) is 20.1. The lowest BCUT2D eigenvalue weighted by Gasteiger charge is -2.15. The van der Waals surface area contributed by atoms with Gasteiger partial charge >= 0.3 is 5.97 Å². The summed E-state index contributed by atoms with van der Waals surface area (Å²) in [5.41, 5.74) is 0. The van der Waals surface area contributed by atoms with Crippen LogP contribution in [0.25, 0.3) is 0 Å². The molecule has 4 nitrogen and oxygen atoms in total. The summed E-state index contributed by atoms with van der Waals surface area (Å²) < 4.78 is 11.1. The lowest BCUT2D eigenvalue weighted by atomic mass is 10.1. The number of esters is 1. The van der Waals surface area contributed by atoms with E-state index in [2.05, 4.69) is 50.3 Å². The van der Waals surface area contributed by atoms with Crippen molar-refractivity contribution in [2.75, 3.05) is 19.8 Å². The summed E-state index contributed by atoms with van der Waals surface area (Å²) in [6.07, 6.45) is 49.0. The molecule has 0 aliphatic carbocycles. The van der Waals surface area contributed by atoms with Crippen molar-refractivity contribution >= 4 is 5.97 Å². The molecule has 46 heavy (non-hydrogen) atoms. The van der Waals surface area contributed by atoms with Gasteiger partial charge in [0.15, 0.2) is 0 Å². The molecule has 0 aromatic heterocycles. The lowest BCUT2D eigenvalue weighted by molar-refractivity contribution is -0.154. The van der Waals surface area contributed by atoms with Gasteiger partial charge in [-0.15, -0.1) is 0 Å². The van der Waals surface area contributed by atoms with E-state index in [-0.39, 0.29) is 19.2 Å². The lowest BCUT2D eigenvalue weighted by Crippen LogP contribution is -2.27. The summed E-state index contributed by atoms with van der Waals surface area (Å²) >= 11 is 0. The summed E-state index contributed by atoms with van der Waals surface area (Å²) in [6.45, 7) is 5.31. The summed E-state index contributed by atoms with van der Waals surface area (Å²) in [6, 6.07) is 0. The van der Waals surface area contributed by atoms with Crippen molar-refractivity contribution in [3.05, 3.63) is 36.5 Å². The van der Waals surface area contributed by atoms with Gasteiger partial charge in [-0.2, -0.15) is 0 Å². The second-order valence-electron chi connectivity index (χ2n) is 13.3. The van der Waals surface area contributed by atoms with Crippen LogP contribution in [0.3, 0.4) is 0 Å². The number of unbranched alkanes of at least 4 members (excludes halogenated alkanes) is 23. The molecule has 0 aromatic carbocycles. The van der Waals surface area contributed by atoms with E-state index in [1.165, 1.54) is 154 Å². The summed E-state index contributed by atoms with van der Waals surface area (Å²) in [5, 5.41) is 9.58. The molecule has 270 valence electrons. The summed E-state index contributed by atoms with van der Waals surface area (Å²) in [5.74, 6) is -0.209. The molecule has 0 fully saturated rings. The van der Waals surface area contributed by atoms with E-state index >= 15 is 0 Å². The Morgan fingerprint density at radius 2 is 0.913 bits per heavy atom. The highest BCUT2D eigenvalue weighted by atomic mass is 16.6. The molecule has 0 radical (unpaired) electrons. The van der Waals surface area contributed by atoms with Crippen LogP contribution in [0.1, 0.15) is 200 Å². The monoisotopic (exact) mass is 647 g/mol. The van der Waals surface area contributed by atoms with Crippen LogP contribution in [0.2, 0.25) is 0 Å². The first-order chi connectivity index (χ1) is 22.7. The van der Waals surface area contributed by atoms with Gasteiger partial charge in [-0.1, -0.05) is 159 Å². The normalized spacial score (nSPS) is 12.7. The van der Waals surface area contributed by atoms with Crippen LogP contribution in [-0.2, 0) is 14.3 Å². The highest BCUT2D eigenvalue weighted by Gasteiger charge is 2.13. The van der Waals surface area contributed by atoms with E-state index < -0.39 is 6.10 Å². The molecule has 0 aromatic rings. The van der Waals surface area contributed by atoms with Crippen molar-refractivity contribution in [1.29, 1.82) is 0 Å². The maximum atomic E-state index is 12.2. The molecule has 0 bridgehead atoms. The predicted octanol–water partition coefficient (Wildman–Crippen LogP) is 12.9. The third-order valence-corrected chi connectivity index (χ3v) is 8.69. The van der Waals surface area contributed by atoms with Gasteiger partial charge in [0.2, 0.25) is 0 Å². The van der Waals surface area contributed by atoms with E-state index in [1.54, 1.807) is 0 Å². The number of hydrogen-bond donors (Lipinski definition) is 1. The average Bonchev–Trinajstić information content (AvgIpc) is 3.06. The number of ether oxygens (including phenoxy) is 2. The van der Waals surface area contributed by atoms with Crippen LogP contribution in [0.15, 0.2) is 36.5 Å². The third kappa shape index (κ3) is 37.1. The van der Waals surface area contributed by atoms with Gasteiger partial charge in [-0.25, -0.2) is 0 Å². The first-order valence-corrected chi connectivity index (χ1v) is 20.1. The Hall–Kier alpha value is -1.39. The molecule has 1 N–H and O–H groups in total. The number of aliphatic hydroxyl groups is 1. The van der Waals surface area contributed by atoms with Gasteiger partial charge in [0.1, 0.15) is 6.10 Å². The first kappa shape index (κ1) is 44.6. The Balaban J connectivity index is 3.46. The molecule has 1 unspecified atom stereocenters. The molecule has 1 atom stereocenters. The number of aliphatic hydroxyl groups excluding tert-OH is 1. The molecule has 0 heterocycles. The van der Waals surface area contributed by atoms with Crippen molar-refractivity contribution in [1.82, 2.24) is 0 Å². The molecule has 0 rings (SSSR count). The van der Waals surface area contributed by atoms with Crippen molar-refractivity contribution in [2.24, 2.45) is 0 Å². The van der Waals surface area contributed by atoms with Crippen molar-refractivity contribution in [3.8, 4) is 0 Å². The molecule has 0 saturated heterocycles. The van der Waals surface area contributed by atoms with Gasteiger partial charge in [0.05, 0.1) is 13.2 Å². The van der Waals surface area contributed by atoms with Gasteiger partial charge in [-0.05, 0) is 70.6 Å². The number of carbonyl (C=O) groups excluding carboxylic acids is 1. The van der Waals surface area contributed by atoms with E-state index in [4.69, 9.17) is 9.47 Å². The minimum Gasteiger partial charge on any atom is -0.457 e. The molecule has 0 aliphatic heterocycles. The molecule has 4 heteroatoms. The Morgan fingerprint density at radius 1 is 0.522 bits per heavy atom. The van der Waals surface area contributed by atoms with Crippen LogP contribution in [-0.4, -0.2) is 37.0 Å². The topological polar surface area (TPSA) is 55.8 Å². The standard InChI is InChI=1S/C42H78O4/c1-3-5-7-9-11-13-15-17-19-21-23-25-27-29-31-33-35-37-42(44)46-41(39-43)40-45-38-36-34-32-30-28-26-24-22-20-18-16-14-12-10-8-6-4-2/h14,16-17,19-20,22,41,43H,3-13,15,18,21,23-40H2,1-2H3/b16-14-,19-17-,22-20-. The van der Waals surface area contributed by atoms with Gasteiger partial charge < -0.3 is 14.6 Å². The Labute approximate surface area is 287 Å². The Kier molecular flexibility index (Phi) is 38.6. The molecular formula is C42H78O4. The van der Waals surface area contributed by atoms with Crippen LogP contribution >= 0.6 is 0 Å². The summed E-state index contributed by atoms with van der Waals surface area (Å²) in [4.78, 5) is 12.2. The van der Waals surface area contributed by atoms with Crippen LogP contribution < -0.4 is 0 Å². The van der Waals surface area contributed by atoms with E-state index in [0.29, 0.717) is 13.0 Å². The number of hydrogen-bond acceptors (Lipinski definition) is 4. The number of carbonyl (C=O) groups is 1. The van der Waals surface area contributed by atoms with Crippen molar-refractivity contribution in [3.63, 3.8) is 0 Å². The molecular weight excluding hydrogens is 568 g/mol. The van der Waals surface area contributed by atoms with Gasteiger partial charge in [0, 0.05) is 13.0 Å². The van der Waals surface area contributed by atoms with E-state index in [1.807, 2.05) is 0 Å². The van der Waals surface area contributed by atoms with Crippen molar-refractivity contribution in [2.45, 2.75) is 206 Å². The minimum atomic E-state index is -0.540. The largest absolute Gasteiger partial charge is 0.457 e. The third-order valence-electron chi connectivity index (χ3n) is 8.69. The number of rotatable bonds is 37. The average molecular weight is 647 g/mol. The highest BCUT2D eigenvalue weighted by Crippen LogP contribution is 2.13. The van der Waals surface area contributed by atoms with Crippen LogP contribution in [0, 0.1) is 0 Å². The Bertz CT molecular complexity index is 683. The SMILES string of the molecule is CCCCCC/C=C\C/C=C\CCCCCCCCOCC(CO)OC(=O)CCCCCCCCC/C=C\CCCCCCCC. The molecule has 0 aliphatic rings. The van der Waals surface area contributed by atoms with E-state index in [9.17, 15) is 9.90 Å². The fourth-order valence-corrected chi connectivity index (χ4v) is 5.65. The Morgan fingerprint density at radius 3 is 1.39 bits per heavy atom. The second kappa shape index (κ2) is 39.8. The maximum Gasteiger partial charge on any atom is 0.306 e. The van der Waals surface area contributed by atoms with Crippen LogP contribution in [0.5, 0.6) is 0 Å². The highest BCUT2D eigenvalue weighted by molar-refractivity contribution is 5.69. The zero-order chi connectivity index (χ0) is 33.4. The van der Waals surface area contributed by atoms with E-state index in [0.717, 1.165) is 25.7 Å². The molecule has 0 saturated carbocycles. The maximum absolute atomic E-state index is 12.2. The summed E-state index contributed by atoms with van der Waals surface area (Å²) in [7, 11) is 0. The smallest absolute Gasteiger partial charge is 0.306 e. The predicted molar refractivity (Wildman–Crippen MR) is 200 cm³/mol. The zero-order valence-corrected chi connectivity index (χ0v) is 30.8. The fraction of sp³-hybridized carbons (Fsp3) is 0.833. The number of allylic oxidation sites excluding steroid dienone is 6. The molecule has 0 amide bonds. The van der Waals surface area contributed by atoms with Crippen molar-refractivity contribution < 1.29 is 19.4 Å². The fourth-order valence-electron chi connectivity index (χ4n) is 5.65. The molecule has 0 spiro atoms. The minimum absolute atomic E-state index is 0.177. The van der Waals surface area contributed by atoms with Crippen LogP contribution in [0.4, 0.5) is 0 Å². The van der Waals surface area contributed by atoms with Gasteiger partial charge in [-0.3, -0.25) is 4.79 Å². The zero-order valence-electron chi connectivity index (χ0n) is 30.8. The quantitative estimate of drug-likeness (QED) is 0.0414. The second-order valence-corrected chi connectivity index (χ2v) is 13.3. The van der Waals surface area contributed by atoms with Gasteiger partial charge in [0.25, 0.3) is 0 Å².